The number of hydrogen-bond donors (Lipinski definition) is 2. The summed E-state index contributed by atoms with van der Waals surface area (Å²) in [6.45, 7) is 4.38. The lowest BCUT2D eigenvalue weighted by Gasteiger charge is -2.13. The summed E-state index contributed by atoms with van der Waals surface area (Å²) >= 11 is 0. The number of aromatic amines is 1. The van der Waals surface area contributed by atoms with Crippen LogP contribution in [-0.4, -0.2) is 12.1 Å². The Kier molecular flexibility index (Phi) is 5.05. The van der Waals surface area contributed by atoms with E-state index in [-0.39, 0.29) is 18.4 Å². The fraction of sp³-hybridized carbons (Fsp3) is 0.429. The van der Waals surface area contributed by atoms with Crippen LogP contribution in [0.3, 0.4) is 0 Å². The van der Waals surface area contributed by atoms with Crippen molar-refractivity contribution in [2.75, 3.05) is 7.11 Å². The molecule has 1 heterocycles. The molecule has 100 valence electrons. The first-order valence-corrected chi connectivity index (χ1v) is 6.02. The molecular weight excluding hydrogens is 248 g/mol. The molecule has 1 aromatic heterocycles. The van der Waals surface area contributed by atoms with Crippen molar-refractivity contribution in [1.82, 2.24) is 4.98 Å². The van der Waals surface area contributed by atoms with Gasteiger partial charge in [0.15, 0.2) is 0 Å². The SMILES string of the molecule is COc1ccc2[nH]cc([C@@H](N)CC(C)C)c2c1.Cl. The van der Waals surface area contributed by atoms with E-state index >= 15 is 0 Å². The maximum Gasteiger partial charge on any atom is 0.119 e. The Morgan fingerprint density at radius 3 is 2.67 bits per heavy atom. The van der Waals surface area contributed by atoms with Crippen LogP contribution in [0.25, 0.3) is 10.9 Å². The molecular formula is C14H21ClN2O. The number of aromatic nitrogens is 1. The number of hydrogen-bond acceptors (Lipinski definition) is 2. The molecule has 0 unspecified atom stereocenters. The molecule has 0 fully saturated rings. The van der Waals surface area contributed by atoms with Crippen LogP contribution in [0.2, 0.25) is 0 Å². The highest BCUT2D eigenvalue weighted by molar-refractivity contribution is 5.85. The van der Waals surface area contributed by atoms with Gasteiger partial charge in [0, 0.05) is 23.1 Å². The Morgan fingerprint density at radius 2 is 2.06 bits per heavy atom. The minimum Gasteiger partial charge on any atom is -0.497 e. The van der Waals surface area contributed by atoms with Gasteiger partial charge in [-0.3, -0.25) is 0 Å². The molecule has 1 aromatic carbocycles. The predicted octanol–water partition coefficient (Wildman–Crippen LogP) is 3.64. The average molecular weight is 269 g/mol. The number of methoxy groups -OCH3 is 1. The number of nitrogens with one attached hydrogen (secondary N) is 1. The van der Waals surface area contributed by atoms with Gasteiger partial charge in [0.25, 0.3) is 0 Å². The fourth-order valence-corrected chi connectivity index (χ4v) is 2.19. The van der Waals surface area contributed by atoms with E-state index in [1.54, 1.807) is 7.11 Å². The average Bonchev–Trinajstić information content (AvgIpc) is 2.70. The van der Waals surface area contributed by atoms with Gasteiger partial charge in [0.05, 0.1) is 7.11 Å². The summed E-state index contributed by atoms with van der Waals surface area (Å²) in [6.07, 6.45) is 3.00. The van der Waals surface area contributed by atoms with E-state index in [1.165, 1.54) is 5.56 Å². The minimum atomic E-state index is 0. The summed E-state index contributed by atoms with van der Waals surface area (Å²) in [5, 5.41) is 1.16. The van der Waals surface area contributed by atoms with Gasteiger partial charge in [0.1, 0.15) is 5.75 Å². The second-order valence-corrected chi connectivity index (χ2v) is 4.89. The molecule has 0 bridgehead atoms. The van der Waals surface area contributed by atoms with E-state index in [9.17, 15) is 0 Å². The van der Waals surface area contributed by atoms with Crippen molar-refractivity contribution in [2.24, 2.45) is 11.7 Å². The quantitative estimate of drug-likeness (QED) is 0.889. The van der Waals surface area contributed by atoms with Crippen molar-refractivity contribution < 1.29 is 4.74 Å². The van der Waals surface area contributed by atoms with E-state index in [1.807, 2.05) is 24.4 Å². The number of fused-ring (bicyclic) bond motifs is 1. The maximum absolute atomic E-state index is 6.24. The largest absolute Gasteiger partial charge is 0.497 e. The molecule has 0 aliphatic heterocycles. The molecule has 0 saturated carbocycles. The second kappa shape index (κ2) is 6.12. The summed E-state index contributed by atoms with van der Waals surface area (Å²) in [4.78, 5) is 3.26. The molecule has 3 N–H and O–H groups in total. The van der Waals surface area contributed by atoms with Crippen LogP contribution in [0.1, 0.15) is 31.9 Å². The summed E-state index contributed by atoms with van der Waals surface area (Å²) in [6, 6.07) is 6.10. The van der Waals surface area contributed by atoms with Crippen LogP contribution in [0.4, 0.5) is 0 Å². The number of halogens is 1. The Labute approximate surface area is 114 Å². The number of benzene rings is 1. The first kappa shape index (κ1) is 14.9. The Bertz CT molecular complexity index is 507. The normalized spacial score (nSPS) is 12.5. The molecule has 0 aliphatic carbocycles. The lowest BCUT2D eigenvalue weighted by atomic mass is 9.97. The van der Waals surface area contributed by atoms with Crippen LogP contribution in [-0.2, 0) is 0 Å². The molecule has 4 heteroatoms. The molecule has 0 saturated heterocycles. The number of nitrogens with two attached hydrogens (primary N) is 1. The fourth-order valence-electron chi connectivity index (χ4n) is 2.19. The van der Waals surface area contributed by atoms with Crippen LogP contribution in [0.15, 0.2) is 24.4 Å². The van der Waals surface area contributed by atoms with Crippen molar-refractivity contribution in [3.8, 4) is 5.75 Å². The van der Waals surface area contributed by atoms with Gasteiger partial charge in [0.2, 0.25) is 0 Å². The zero-order valence-electron chi connectivity index (χ0n) is 11.1. The summed E-state index contributed by atoms with van der Waals surface area (Å²) in [5.74, 6) is 1.47. The topological polar surface area (TPSA) is 51.0 Å². The van der Waals surface area contributed by atoms with Gasteiger partial charge in [-0.1, -0.05) is 13.8 Å². The predicted molar refractivity (Wildman–Crippen MR) is 78.5 cm³/mol. The Balaban J connectivity index is 0.00000162. The van der Waals surface area contributed by atoms with E-state index in [2.05, 4.69) is 18.8 Å². The third-order valence-electron chi connectivity index (χ3n) is 3.05. The second-order valence-electron chi connectivity index (χ2n) is 4.89. The van der Waals surface area contributed by atoms with Crippen LogP contribution >= 0.6 is 12.4 Å². The Morgan fingerprint density at radius 1 is 1.33 bits per heavy atom. The van der Waals surface area contributed by atoms with E-state index in [0.29, 0.717) is 5.92 Å². The lowest BCUT2D eigenvalue weighted by molar-refractivity contribution is 0.415. The van der Waals surface area contributed by atoms with Crippen molar-refractivity contribution in [2.45, 2.75) is 26.3 Å². The molecule has 1 atom stereocenters. The monoisotopic (exact) mass is 268 g/mol. The molecule has 0 radical (unpaired) electrons. The van der Waals surface area contributed by atoms with Crippen molar-refractivity contribution in [3.05, 3.63) is 30.0 Å². The van der Waals surface area contributed by atoms with Crippen LogP contribution < -0.4 is 10.5 Å². The highest BCUT2D eigenvalue weighted by Crippen LogP contribution is 2.29. The lowest BCUT2D eigenvalue weighted by Crippen LogP contribution is -2.12. The maximum atomic E-state index is 6.24. The van der Waals surface area contributed by atoms with Crippen LogP contribution in [0.5, 0.6) is 5.75 Å². The van der Waals surface area contributed by atoms with Crippen LogP contribution in [0, 0.1) is 5.92 Å². The van der Waals surface area contributed by atoms with E-state index < -0.39 is 0 Å². The van der Waals surface area contributed by atoms with Gasteiger partial charge in [-0.2, -0.15) is 0 Å². The van der Waals surface area contributed by atoms with Gasteiger partial charge in [-0.05, 0) is 36.1 Å². The Hall–Kier alpha value is -1.19. The van der Waals surface area contributed by atoms with Crippen molar-refractivity contribution in [1.29, 1.82) is 0 Å². The number of ether oxygens (including phenoxy) is 1. The highest BCUT2D eigenvalue weighted by atomic mass is 35.5. The van der Waals surface area contributed by atoms with Crippen molar-refractivity contribution in [3.63, 3.8) is 0 Å². The summed E-state index contributed by atoms with van der Waals surface area (Å²) in [7, 11) is 1.68. The van der Waals surface area contributed by atoms with Gasteiger partial charge in [-0.25, -0.2) is 0 Å². The third-order valence-corrected chi connectivity index (χ3v) is 3.05. The molecule has 0 aliphatic rings. The standard InChI is InChI=1S/C14H20N2O.ClH/c1-9(2)6-13(15)12-8-16-14-5-4-10(17-3)7-11(12)14;/h4-5,7-9,13,16H,6,15H2,1-3H3;1H/t13-;/m0./s1. The summed E-state index contributed by atoms with van der Waals surface area (Å²) < 4.78 is 5.25. The number of rotatable bonds is 4. The van der Waals surface area contributed by atoms with E-state index in [4.69, 9.17) is 10.5 Å². The molecule has 3 nitrogen and oxygen atoms in total. The zero-order valence-corrected chi connectivity index (χ0v) is 11.9. The highest BCUT2D eigenvalue weighted by Gasteiger charge is 2.13. The van der Waals surface area contributed by atoms with E-state index in [0.717, 1.165) is 23.1 Å². The first-order valence-electron chi connectivity index (χ1n) is 6.02. The molecule has 2 aromatic rings. The zero-order chi connectivity index (χ0) is 12.4. The first-order chi connectivity index (χ1) is 8.11. The molecule has 0 amide bonds. The van der Waals surface area contributed by atoms with Gasteiger partial charge in [-0.15, -0.1) is 12.4 Å². The number of H-pyrrole nitrogens is 1. The van der Waals surface area contributed by atoms with Gasteiger partial charge < -0.3 is 15.5 Å². The van der Waals surface area contributed by atoms with Crippen molar-refractivity contribution >= 4 is 23.3 Å². The third kappa shape index (κ3) is 2.98. The molecule has 18 heavy (non-hydrogen) atoms. The molecule has 2 rings (SSSR count). The summed E-state index contributed by atoms with van der Waals surface area (Å²) in [5.41, 5.74) is 8.52. The smallest absolute Gasteiger partial charge is 0.119 e. The molecule has 0 spiro atoms. The minimum absolute atomic E-state index is 0. The van der Waals surface area contributed by atoms with Gasteiger partial charge >= 0.3 is 0 Å².